The fraction of sp³-hybridized carbons (Fsp3) is 0.133. The Morgan fingerprint density at radius 2 is 2.00 bits per heavy atom. The predicted molar refractivity (Wildman–Crippen MR) is 79.8 cm³/mol. The van der Waals surface area contributed by atoms with E-state index >= 15 is 0 Å². The van der Waals surface area contributed by atoms with E-state index in [2.05, 4.69) is 21.2 Å². The number of carbonyl (C=O) groups is 1. The normalized spacial score (nSPS) is 10.2. The first-order valence-electron chi connectivity index (χ1n) is 5.92. The monoisotopic (exact) mass is 337 g/mol. The zero-order chi connectivity index (χ0) is 14.7. The van der Waals surface area contributed by atoms with Gasteiger partial charge in [-0.05, 0) is 42.8 Å². The molecule has 0 saturated heterocycles. The van der Waals surface area contributed by atoms with Crippen molar-refractivity contribution in [3.8, 4) is 5.75 Å². The van der Waals surface area contributed by atoms with Gasteiger partial charge in [0.1, 0.15) is 0 Å². The van der Waals surface area contributed by atoms with E-state index < -0.39 is 5.82 Å². The molecule has 5 heteroatoms. The Morgan fingerprint density at radius 3 is 2.65 bits per heavy atom. The molecule has 0 heterocycles. The molecule has 1 N–H and O–H groups in total. The summed E-state index contributed by atoms with van der Waals surface area (Å²) in [6.07, 6.45) is 0. The minimum atomic E-state index is -0.498. The van der Waals surface area contributed by atoms with E-state index in [0.717, 1.165) is 10.0 Å². The Balaban J connectivity index is 2.21. The molecule has 3 nitrogen and oxygen atoms in total. The molecular formula is C15H13BrFNO2. The number of halogens is 2. The van der Waals surface area contributed by atoms with Gasteiger partial charge in [0.05, 0.1) is 7.11 Å². The summed E-state index contributed by atoms with van der Waals surface area (Å²) in [5.74, 6) is -0.774. The highest BCUT2D eigenvalue weighted by molar-refractivity contribution is 9.10. The molecule has 0 aliphatic carbocycles. The van der Waals surface area contributed by atoms with Gasteiger partial charge in [0, 0.05) is 15.7 Å². The first-order chi connectivity index (χ1) is 9.51. The highest BCUT2D eigenvalue weighted by Gasteiger charge is 2.10. The number of rotatable bonds is 3. The molecule has 0 atom stereocenters. The average molecular weight is 338 g/mol. The second-order valence-corrected chi connectivity index (χ2v) is 5.12. The maximum atomic E-state index is 13.3. The average Bonchev–Trinajstić information content (AvgIpc) is 2.43. The minimum Gasteiger partial charge on any atom is -0.494 e. The van der Waals surface area contributed by atoms with E-state index in [1.54, 1.807) is 6.07 Å². The number of methoxy groups -OCH3 is 1. The third-order valence-electron chi connectivity index (χ3n) is 2.84. The van der Waals surface area contributed by atoms with E-state index in [9.17, 15) is 9.18 Å². The van der Waals surface area contributed by atoms with Gasteiger partial charge in [0.15, 0.2) is 11.6 Å². The summed E-state index contributed by atoms with van der Waals surface area (Å²) in [5.41, 5.74) is 2.07. The summed E-state index contributed by atoms with van der Waals surface area (Å²) in [4.78, 5) is 12.1. The number of anilines is 1. The SMILES string of the molecule is COc1cc(C(=O)Nc2ccc(C)c(Br)c2)ccc1F. The van der Waals surface area contributed by atoms with Crippen LogP contribution in [-0.2, 0) is 0 Å². The Morgan fingerprint density at radius 1 is 1.25 bits per heavy atom. The van der Waals surface area contributed by atoms with Gasteiger partial charge in [-0.1, -0.05) is 22.0 Å². The molecule has 0 unspecified atom stereocenters. The molecule has 0 aliphatic heterocycles. The lowest BCUT2D eigenvalue weighted by Gasteiger charge is -2.08. The van der Waals surface area contributed by atoms with Crippen molar-refractivity contribution < 1.29 is 13.9 Å². The Bertz CT molecular complexity index is 658. The van der Waals surface area contributed by atoms with E-state index in [1.807, 2.05) is 19.1 Å². The number of carbonyl (C=O) groups excluding carboxylic acids is 1. The van der Waals surface area contributed by atoms with E-state index in [0.29, 0.717) is 11.3 Å². The molecule has 0 spiro atoms. The van der Waals surface area contributed by atoms with Gasteiger partial charge in [-0.2, -0.15) is 0 Å². The largest absolute Gasteiger partial charge is 0.494 e. The van der Waals surface area contributed by atoms with Crippen LogP contribution in [0.5, 0.6) is 5.75 Å². The molecule has 0 radical (unpaired) electrons. The van der Waals surface area contributed by atoms with Crippen LogP contribution in [0.4, 0.5) is 10.1 Å². The molecule has 1 amide bonds. The molecule has 104 valence electrons. The van der Waals surface area contributed by atoms with Crippen LogP contribution in [-0.4, -0.2) is 13.0 Å². The number of nitrogens with one attached hydrogen (secondary N) is 1. The van der Waals surface area contributed by atoms with Crippen LogP contribution >= 0.6 is 15.9 Å². The first-order valence-corrected chi connectivity index (χ1v) is 6.71. The fourth-order valence-electron chi connectivity index (χ4n) is 1.67. The van der Waals surface area contributed by atoms with Crippen LogP contribution < -0.4 is 10.1 Å². The molecule has 2 rings (SSSR count). The summed E-state index contributed by atoms with van der Waals surface area (Å²) in [5, 5.41) is 2.75. The smallest absolute Gasteiger partial charge is 0.255 e. The predicted octanol–water partition coefficient (Wildman–Crippen LogP) is 4.16. The van der Waals surface area contributed by atoms with Crippen molar-refractivity contribution in [2.24, 2.45) is 0 Å². The highest BCUT2D eigenvalue weighted by Crippen LogP contribution is 2.22. The van der Waals surface area contributed by atoms with Crippen molar-refractivity contribution in [3.63, 3.8) is 0 Å². The second-order valence-electron chi connectivity index (χ2n) is 4.27. The molecule has 0 aliphatic rings. The van der Waals surface area contributed by atoms with E-state index in [4.69, 9.17) is 4.74 Å². The molecule has 2 aromatic rings. The molecule has 0 saturated carbocycles. The maximum absolute atomic E-state index is 13.3. The summed E-state index contributed by atoms with van der Waals surface area (Å²) in [6, 6.07) is 9.50. The third-order valence-corrected chi connectivity index (χ3v) is 3.70. The lowest BCUT2D eigenvalue weighted by atomic mass is 10.1. The van der Waals surface area contributed by atoms with Gasteiger partial charge in [-0.15, -0.1) is 0 Å². The van der Waals surface area contributed by atoms with Crippen LogP contribution in [0.1, 0.15) is 15.9 Å². The third kappa shape index (κ3) is 3.17. The van der Waals surface area contributed by atoms with Gasteiger partial charge < -0.3 is 10.1 Å². The summed E-state index contributed by atoms with van der Waals surface area (Å²) in [6.45, 7) is 1.96. The van der Waals surface area contributed by atoms with Crippen molar-refractivity contribution in [2.75, 3.05) is 12.4 Å². The van der Waals surface area contributed by atoms with Gasteiger partial charge >= 0.3 is 0 Å². The lowest BCUT2D eigenvalue weighted by molar-refractivity contribution is 0.102. The van der Waals surface area contributed by atoms with Crippen LogP contribution in [0.3, 0.4) is 0 Å². The van der Waals surface area contributed by atoms with Crippen molar-refractivity contribution >= 4 is 27.5 Å². The number of hydrogen-bond acceptors (Lipinski definition) is 2. The Labute approximate surface area is 124 Å². The maximum Gasteiger partial charge on any atom is 0.255 e. The lowest BCUT2D eigenvalue weighted by Crippen LogP contribution is -2.12. The molecule has 2 aromatic carbocycles. The van der Waals surface area contributed by atoms with Gasteiger partial charge in [-0.3, -0.25) is 4.79 Å². The summed E-state index contributed by atoms with van der Waals surface area (Å²) in [7, 11) is 1.36. The van der Waals surface area contributed by atoms with Gasteiger partial charge in [-0.25, -0.2) is 4.39 Å². The molecule has 0 fully saturated rings. The second kappa shape index (κ2) is 6.05. The quantitative estimate of drug-likeness (QED) is 0.913. The molecule has 0 aromatic heterocycles. The first kappa shape index (κ1) is 14.5. The summed E-state index contributed by atoms with van der Waals surface area (Å²) >= 11 is 3.40. The number of hydrogen-bond donors (Lipinski definition) is 1. The Hall–Kier alpha value is -1.88. The number of aryl methyl sites for hydroxylation is 1. The molecular weight excluding hydrogens is 325 g/mol. The van der Waals surface area contributed by atoms with Crippen LogP contribution in [0.25, 0.3) is 0 Å². The highest BCUT2D eigenvalue weighted by atomic mass is 79.9. The van der Waals surface area contributed by atoms with Crippen molar-refractivity contribution in [3.05, 3.63) is 57.8 Å². The number of ether oxygens (including phenoxy) is 1. The zero-order valence-corrected chi connectivity index (χ0v) is 12.6. The van der Waals surface area contributed by atoms with Gasteiger partial charge in [0.2, 0.25) is 0 Å². The zero-order valence-electron chi connectivity index (χ0n) is 11.0. The fourth-order valence-corrected chi connectivity index (χ4v) is 2.05. The van der Waals surface area contributed by atoms with Crippen LogP contribution in [0.2, 0.25) is 0 Å². The van der Waals surface area contributed by atoms with Gasteiger partial charge in [0.25, 0.3) is 5.91 Å². The topological polar surface area (TPSA) is 38.3 Å². The van der Waals surface area contributed by atoms with Crippen LogP contribution in [0.15, 0.2) is 40.9 Å². The van der Waals surface area contributed by atoms with Crippen molar-refractivity contribution in [2.45, 2.75) is 6.92 Å². The minimum absolute atomic E-state index is 0.0442. The molecule has 0 bridgehead atoms. The number of benzene rings is 2. The van der Waals surface area contributed by atoms with Crippen LogP contribution in [0, 0.1) is 12.7 Å². The molecule has 20 heavy (non-hydrogen) atoms. The van der Waals surface area contributed by atoms with Crippen molar-refractivity contribution in [1.29, 1.82) is 0 Å². The summed E-state index contributed by atoms with van der Waals surface area (Å²) < 4.78 is 19.1. The van der Waals surface area contributed by atoms with E-state index in [1.165, 1.54) is 25.3 Å². The standard InChI is InChI=1S/C15H13BrFNO2/c1-9-3-5-11(8-12(9)16)18-15(19)10-4-6-13(17)14(7-10)20-2/h3-8H,1-2H3,(H,18,19). The Kier molecular flexibility index (Phi) is 4.39. The number of amides is 1. The van der Waals surface area contributed by atoms with Crippen molar-refractivity contribution in [1.82, 2.24) is 0 Å². The van der Waals surface area contributed by atoms with E-state index in [-0.39, 0.29) is 11.7 Å².